The van der Waals surface area contributed by atoms with E-state index in [-0.39, 0.29) is 12.5 Å². The molecule has 0 radical (unpaired) electrons. The van der Waals surface area contributed by atoms with Crippen LogP contribution in [-0.4, -0.2) is 43.0 Å². The van der Waals surface area contributed by atoms with Crippen LogP contribution in [0.25, 0.3) is 10.6 Å². The Hall–Kier alpha value is -2.91. The summed E-state index contributed by atoms with van der Waals surface area (Å²) in [5.41, 5.74) is 0.820. The lowest BCUT2D eigenvalue weighted by molar-refractivity contribution is -0.137. The standard InChI is InChI=1S/C22H22F3N3O2S/c1-28(2)10-9-26-20(29)19-14-31-21(27-19)16-6-4-8-18(12-16)30-13-15-5-3-7-17(11-15)22(23,24)25/h3-8,11-12,14H,9-10,13H2,1-2H3,(H,26,29). The third-order valence-corrected chi connectivity index (χ3v) is 5.21. The molecular formula is C22H22F3N3O2S. The number of carbonyl (C=O) groups is 1. The third-order valence-electron chi connectivity index (χ3n) is 4.32. The van der Waals surface area contributed by atoms with Crippen LogP contribution in [-0.2, 0) is 12.8 Å². The maximum atomic E-state index is 12.9. The van der Waals surface area contributed by atoms with Gasteiger partial charge in [-0.05, 0) is 43.9 Å². The predicted molar refractivity (Wildman–Crippen MR) is 114 cm³/mol. The van der Waals surface area contributed by atoms with Gasteiger partial charge >= 0.3 is 6.18 Å². The van der Waals surface area contributed by atoms with Gasteiger partial charge in [0.25, 0.3) is 5.91 Å². The van der Waals surface area contributed by atoms with E-state index in [0.717, 1.165) is 24.2 Å². The van der Waals surface area contributed by atoms with Gasteiger partial charge in [0, 0.05) is 24.0 Å². The molecule has 0 atom stereocenters. The number of ether oxygens (including phenoxy) is 1. The zero-order chi connectivity index (χ0) is 22.4. The van der Waals surface area contributed by atoms with Gasteiger partial charge in [-0.15, -0.1) is 11.3 Å². The van der Waals surface area contributed by atoms with E-state index in [4.69, 9.17) is 4.74 Å². The Bertz CT molecular complexity index is 1030. The maximum absolute atomic E-state index is 12.9. The van der Waals surface area contributed by atoms with Gasteiger partial charge in [-0.1, -0.05) is 24.3 Å². The number of alkyl halides is 3. The first-order chi connectivity index (χ1) is 14.7. The molecule has 1 aromatic heterocycles. The number of hydrogen-bond donors (Lipinski definition) is 1. The Morgan fingerprint density at radius 1 is 1.16 bits per heavy atom. The van der Waals surface area contributed by atoms with Crippen LogP contribution in [0.2, 0.25) is 0 Å². The number of hydrogen-bond acceptors (Lipinski definition) is 5. The molecule has 0 aliphatic heterocycles. The number of amides is 1. The van der Waals surface area contributed by atoms with Crippen molar-refractivity contribution in [1.82, 2.24) is 15.2 Å². The zero-order valence-electron chi connectivity index (χ0n) is 17.1. The van der Waals surface area contributed by atoms with Crippen LogP contribution in [0.1, 0.15) is 21.6 Å². The van der Waals surface area contributed by atoms with Crippen LogP contribution < -0.4 is 10.1 Å². The smallest absolute Gasteiger partial charge is 0.416 e. The molecule has 0 spiro atoms. The highest BCUT2D eigenvalue weighted by atomic mass is 32.1. The summed E-state index contributed by atoms with van der Waals surface area (Å²) >= 11 is 1.34. The number of thiazole rings is 1. The highest BCUT2D eigenvalue weighted by Gasteiger charge is 2.30. The van der Waals surface area contributed by atoms with Crippen molar-refractivity contribution in [2.75, 3.05) is 27.2 Å². The van der Waals surface area contributed by atoms with E-state index < -0.39 is 11.7 Å². The number of rotatable bonds is 8. The second-order valence-corrected chi connectivity index (χ2v) is 7.97. The van der Waals surface area contributed by atoms with Crippen LogP contribution in [0, 0.1) is 0 Å². The molecule has 0 unspecified atom stereocenters. The average molecular weight is 449 g/mol. The van der Waals surface area contributed by atoms with Gasteiger partial charge in [-0.2, -0.15) is 13.2 Å². The Balaban J connectivity index is 1.65. The van der Waals surface area contributed by atoms with Crippen molar-refractivity contribution in [3.05, 3.63) is 70.7 Å². The average Bonchev–Trinajstić information content (AvgIpc) is 3.22. The summed E-state index contributed by atoms with van der Waals surface area (Å²) in [6.07, 6.45) is -4.39. The first-order valence-corrected chi connectivity index (χ1v) is 10.4. The topological polar surface area (TPSA) is 54.5 Å². The van der Waals surface area contributed by atoms with E-state index in [0.29, 0.717) is 28.6 Å². The highest BCUT2D eigenvalue weighted by Crippen LogP contribution is 2.30. The van der Waals surface area contributed by atoms with E-state index >= 15 is 0 Å². The van der Waals surface area contributed by atoms with Crippen molar-refractivity contribution in [1.29, 1.82) is 0 Å². The molecule has 1 N–H and O–H groups in total. The quantitative estimate of drug-likeness (QED) is 0.542. The SMILES string of the molecule is CN(C)CCNC(=O)c1csc(-c2cccc(OCc3cccc(C(F)(F)F)c3)c2)n1. The minimum absolute atomic E-state index is 0.00474. The van der Waals surface area contributed by atoms with Crippen LogP contribution in [0.15, 0.2) is 53.9 Å². The Morgan fingerprint density at radius 3 is 2.68 bits per heavy atom. The lowest BCUT2D eigenvalue weighted by atomic mass is 10.1. The normalized spacial score (nSPS) is 11.5. The number of likely N-dealkylation sites (N-methyl/N-ethyl adjacent to an activating group) is 1. The number of halogens is 3. The summed E-state index contributed by atoms with van der Waals surface area (Å²) < 4.78 is 44.2. The maximum Gasteiger partial charge on any atom is 0.416 e. The van der Waals surface area contributed by atoms with E-state index in [1.54, 1.807) is 29.6 Å². The Kier molecular flexibility index (Phi) is 7.29. The summed E-state index contributed by atoms with van der Waals surface area (Å²) in [6, 6.07) is 12.1. The molecule has 1 amide bonds. The number of nitrogens with zero attached hydrogens (tertiary/aromatic N) is 2. The fourth-order valence-electron chi connectivity index (χ4n) is 2.72. The molecule has 164 valence electrons. The van der Waals surface area contributed by atoms with Gasteiger partial charge in [0.15, 0.2) is 0 Å². The predicted octanol–water partition coefficient (Wildman–Crippen LogP) is 4.70. The molecule has 0 bridgehead atoms. The fourth-order valence-corrected chi connectivity index (χ4v) is 3.51. The molecule has 0 aliphatic rings. The minimum Gasteiger partial charge on any atom is -0.489 e. The van der Waals surface area contributed by atoms with E-state index in [2.05, 4.69) is 10.3 Å². The summed E-state index contributed by atoms with van der Waals surface area (Å²) in [6.45, 7) is 1.26. The molecule has 9 heteroatoms. The van der Waals surface area contributed by atoms with Crippen molar-refractivity contribution in [3.63, 3.8) is 0 Å². The van der Waals surface area contributed by atoms with Gasteiger partial charge in [0.1, 0.15) is 23.1 Å². The molecule has 31 heavy (non-hydrogen) atoms. The summed E-state index contributed by atoms with van der Waals surface area (Å²) in [4.78, 5) is 18.6. The number of aromatic nitrogens is 1. The largest absolute Gasteiger partial charge is 0.489 e. The lowest BCUT2D eigenvalue weighted by Crippen LogP contribution is -2.31. The first kappa shape index (κ1) is 22.8. The molecule has 5 nitrogen and oxygen atoms in total. The van der Waals surface area contributed by atoms with Crippen LogP contribution in [0.4, 0.5) is 13.2 Å². The summed E-state index contributed by atoms with van der Waals surface area (Å²) in [5.74, 6) is 0.267. The molecule has 0 saturated heterocycles. The molecule has 3 aromatic rings. The molecule has 0 aliphatic carbocycles. The summed E-state index contributed by atoms with van der Waals surface area (Å²) in [7, 11) is 3.85. The second-order valence-electron chi connectivity index (χ2n) is 7.11. The monoisotopic (exact) mass is 449 g/mol. The van der Waals surface area contributed by atoms with Crippen molar-refractivity contribution in [3.8, 4) is 16.3 Å². The number of benzene rings is 2. The molecule has 3 rings (SSSR count). The van der Waals surface area contributed by atoms with Gasteiger partial charge < -0.3 is 15.0 Å². The molecule has 1 heterocycles. The third kappa shape index (κ3) is 6.53. The fraction of sp³-hybridized carbons (Fsp3) is 0.273. The van der Waals surface area contributed by atoms with Crippen molar-refractivity contribution < 1.29 is 22.7 Å². The van der Waals surface area contributed by atoms with Crippen LogP contribution in [0.3, 0.4) is 0 Å². The van der Waals surface area contributed by atoms with Crippen molar-refractivity contribution in [2.24, 2.45) is 0 Å². The van der Waals surface area contributed by atoms with E-state index in [1.165, 1.54) is 17.4 Å². The summed E-state index contributed by atoms with van der Waals surface area (Å²) in [5, 5.41) is 5.16. The van der Waals surface area contributed by atoms with Crippen LogP contribution in [0.5, 0.6) is 5.75 Å². The van der Waals surface area contributed by atoms with Gasteiger partial charge in [-0.3, -0.25) is 4.79 Å². The van der Waals surface area contributed by atoms with Gasteiger partial charge in [0.05, 0.1) is 5.56 Å². The van der Waals surface area contributed by atoms with Crippen molar-refractivity contribution >= 4 is 17.2 Å². The Morgan fingerprint density at radius 2 is 1.94 bits per heavy atom. The molecular weight excluding hydrogens is 427 g/mol. The highest BCUT2D eigenvalue weighted by molar-refractivity contribution is 7.13. The Labute approximate surface area is 182 Å². The van der Waals surface area contributed by atoms with E-state index in [9.17, 15) is 18.0 Å². The number of carbonyl (C=O) groups excluding carboxylic acids is 1. The van der Waals surface area contributed by atoms with Gasteiger partial charge in [0.2, 0.25) is 0 Å². The first-order valence-electron chi connectivity index (χ1n) is 9.50. The molecule has 0 saturated carbocycles. The lowest BCUT2D eigenvalue weighted by Gasteiger charge is -2.10. The number of nitrogens with one attached hydrogen (secondary N) is 1. The zero-order valence-corrected chi connectivity index (χ0v) is 17.9. The van der Waals surface area contributed by atoms with E-state index in [1.807, 2.05) is 25.1 Å². The molecule has 0 fully saturated rings. The second kappa shape index (κ2) is 9.93. The van der Waals surface area contributed by atoms with Crippen LogP contribution >= 0.6 is 11.3 Å². The minimum atomic E-state index is -4.39. The van der Waals surface area contributed by atoms with Crippen molar-refractivity contribution in [2.45, 2.75) is 12.8 Å². The molecule has 2 aromatic carbocycles. The van der Waals surface area contributed by atoms with Gasteiger partial charge in [-0.25, -0.2) is 4.98 Å².